The maximum Gasteiger partial charge on any atom is 0.494 e. The molecule has 0 radical (unpaired) electrons. The number of hydrogen-bond donors (Lipinski definition) is 1. The molecular formula is C15H18BNO3. The van der Waals surface area contributed by atoms with E-state index in [1.54, 1.807) is 12.3 Å². The third-order valence-corrected chi connectivity index (χ3v) is 4.27. The summed E-state index contributed by atoms with van der Waals surface area (Å²) >= 11 is 0. The lowest BCUT2D eigenvalue weighted by atomic mass is 9.78. The van der Waals surface area contributed by atoms with Crippen molar-refractivity contribution in [3.05, 3.63) is 30.5 Å². The van der Waals surface area contributed by atoms with Gasteiger partial charge < -0.3 is 14.4 Å². The summed E-state index contributed by atoms with van der Waals surface area (Å²) in [5, 5.41) is 10.6. The van der Waals surface area contributed by atoms with Gasteiger partial charge in [0.25, 0.3) is 0 Å². The maximum atomic E-state index is 9.92. The van der Waals surface area contributed by atoms with Crippen molar-refractivity contribution < 1.29 is 14.4 Å². The second-order valence-electron chi connectivity index (χ2n) is 6.19. The standard InChI is InChI=1S/C15H18BNO3/c1-14(2)15(3,4)20-16(19-14)10-5-6-12-11(9-10)13(18)7-8-17-12/h5-9H,1-4H3,(H,17,18). The van der Waals surface area contributed by atoms with Gasteiger partial charge in [-0.25, -0.2) is 0 Å². The number of aromatic nitrogens is 1. The molecule has 1 aromatic carbocycles. The quantitative estimate of drug-likeness (QED) is 0.808. The highest BCUT2D eigenvalue weighted by Crippen LogP contribution is 2.36. The number of pyridine rings is 1. The maximum absolute atomic E-state index is 9.92. The molecule has 1 saturated heterocycles. The van der Waals surface area contributed by atoms with Gasteiger partial charge in [-0.1, -0.05) is 6.07 Å². The van der Waals surface area contributed by atoms with Crippen LogP contribution in [0.15, 0.2) is 30.5 Å². The first-order valence-corrected chi connectivity index (χ1v) is 6.73. The van der Waals surface area contributed by atoms with Gasteiger partial charge in [-0.3, -0.25) is 4.98 Å². The molecule has 1 aromatic heterocycles. The van der Waals surface area contributed by atoms with Crippen molar-refractivity contribution in [3.8, 4) is 5.75 Å². The Morgan fingerprint density at radius 1 is 1.05 bits per heavy atom. The predicted molar refractivity (Wildman–Crippen MR) is 79.1 cm³/mol. The second kappa shape index (κ2) is 4.20. The average molecular weight is 271 g/mol. The smallest absolute Gasteiger partial charge is 0.494 e. The Kier molecular flexibility index (Phi) is 2.82. The Balaban J connectivity index is 2.02. The van der Waals surface area contributed by atoms with Crippen molar-refractivity contribution in [1.29, 1.82) is 0 Å². The minimum Gasteiger partial charge on any atom is -0.507 e. The summed E-state index contributed by atoms with van der Waals surface area (Å²) in [6, 6.07) is 7.25. The molecule has 3 rings (SSSR count). The largest absolute Gasteiger partial charge is 0.507 e. The topological polar surface area (TPSA) is 51.6 Å². The van der Waals surface area contributed by atoms with Crippen LogP contribution in [0.5, 0.6) is 5.75 Å². The number of nitrogens with zero attached hydrogens (tertiary/aromatic N) is 1. The lowest BCUT2D eigenvalue weighted by Crippen LogP contribution is -2.41. The highest BCUT2D eigenvalue weighted by atomic mass is 16.7. The summed E-state index contributed by atoms with van der Waals surface area (Å²) in [6.45, 7) is 8.08. The molecule has 20 heavy (non-hydrogen) atoms. The SMILES string of the molecule is CC1(C)OB(c2ccc3nccc(O)c3c2)OC1(C)C. The first-order chi connectivity index (χ1) is 9.30. The molecule has 0 spiro atoms. The third-order valence-electron chi connectivity index (χ3n) is 4.27. The molecule has 1 aliphatic heterocycles. The van der Waals surface area contributed by atoms with Crippen LogP contribution >= 0.6 is 0 Å². The van der Waals surface area contributed by atoms with Gasteiger partial charge in [0.15, 0.2) is 0 Å². The van der Waals surface area contributed by atoms with Crippen molar-refractivity contribution in [2.75, 3.05) is 0 Å². The Hall–Kier alpha value is -1.59. The van der Waals surface area contributed by atoms with Crippen LogP contribution < -0.4 is 5.46 Å². The highest BCUT2D eigenvalue weighted by Gasteiger charge is 2.51. The van der Waals surface area contributed by atoms with Crippen molar-refractivity contribution >= 4 is 23.5 Å². The molecular weight excluding hydrogens is 253 g/mol. The minimum absolute atomic E-state index is 0.216. The predicted octanol–water partition coefficient (Wildman–Crippen LogP) is 2.24. The molecule has 1 fully saturated rings. The first kappa shape index (κ1) is 13.4. The Morgan fingerprint density at radius 2 is 1.70 bits per heavy atom. The van der Waals surface area contributed by atoms with Crippen LogP contribution in [0.3, 0.4) is 0 Å². The Labute approximate surface area is 118 Å². The molecule has 2 heterocycles. The van der Waals surface area contributed by atoms with E-state index in [0.717, 1.165) is 11.0 Å². The van der Waals surface area contributed by atoms with E-state index in [-0.39, 0.29) is 17.0 Å². The number of benzene rings is 1. The van der Waals surface area contributed by atoms with Crippen LogP contribution in [0.2, 0.25) is 0 Å². The summed E-state index contributed by atoms with van der Waals surface area (Å²) in [6.07, 6.45) is 1.59. The summed E-state index contributed by atoms with van der Waals surface area (Å²) in [7, 11) is -0.427. The molecule has 0 bridgehead atoms. The summed E-state index contributed by atoms with van der Waals surface area (Å²) in [5.74, 6) is 0.216. The van der Waals surface area contributed by atoms with Gasteiger partial charge in [0.1, 0.15) is 5.75 Å². The molecule has 5 heteroatoms. The fraction of sp³-hybridized carbons (Fsp3) is 0.400. The molecule has 1 aliphatic rings. The van der Waals surface area contributed by atoms with E-state index in [0.29, 0.717) is 5.39 Å². The molecule has 1 N–H and O–H groups in total. The van der Waals surface area contributed by atoms with Crippen LogP contribution in [-0.4, -0.2) is 28.4 Å². The van der Waals surface area contributed by atoms with E-state index in [1.807, 2.05) is 45.9 Å². The average Bonchev–Trinajstić information content (AvgIpc) is 2.59. The van der Waals surface area contributed by atoms with E-state index >= 15 is 0 Å². The highest BCUT2D eigenvalue weighted by molar-refractivity contribution is 6.62. The van der Waals surface area contributed by atoms with Gasteiger partial charge in [-0.2, -0.15) is 0 Å². The normalized spacial score (nSPS) is 20.5. The van der Waals surface area contributed by atoms with E-state index in [4.69, 9.17) is 9.31 Å². The van der Waals surface area contributed by atoms with Crippen molar-refractivity contribution in [2.24, 2.45) is 0 Å². The molecule has 0 saturated carbocycles. The lowest BCUT2D eigenvalue weighted by Gasteiger charge is -2.32. The van der Waals surface area contributed by atoms with Crippen molar-refractivity contribution in [1.82, 2.24) is 4.98 Å². The van der Waals surface area contributed by atoms with Gasteiger partial charge in [0.2, 0.25) is 0 Å². The van der Waals surface area contributed by atoms with Crippen LogP contribution in [-0.2, 0) is 9.31 Å². The van der Waals surface area contributed by atoms with Crippen LogP contribution in [0.1, 0.15) is 27.7 Å². The Bertz CT molecular complexity index is 653. The number of aromatic hydroxyl groups is 1. The molecule has 0 amide bonds. The van der Waals surface area contributed by atoms with Gasteiger partial charge in [-0.05, 0) is 51.4 Å². The van der Waals surface area contributed by atoms with E-state index < -0.39 is 7.12 Å². The zero-order valence-electron chi connectivity index (χ0n) is 12.2. The monoisotopic (exact) mass is 271 g/mol. The third kappa shape index (κ3) is 1.98. The van der Waals surface area contributed by atoms with Crippen molar-refractivity contribution in [2.45, 2.75) is 38.9 Å². The molecule has 4 nitrogen and oxygen atoms in total. The van der Waals surface area contributed by atoms with Crippen LogP contribution in [0.4, 0.5) is 0 Å². The minimum atomic E-state index is -0.427. The molecule has 104 valence electrons. The lowest BCUT2D eigenvalue weighted by molar-refractivity contribution is 0.00578. The van der Waals surface area contributed by atoms with Gasteiger partial charge in [0, 0.05) is 11.6 Å². The molecule has 2 aromatic rings. The Morgan fingerprint density at radius 3 is 2.35 bits per heavy atom. The fourth-order valence-corrected chi connectivity index (χ4v) is 2.28. The van der Waals surface area contributed by atoms with Gasteiger partial charge in [-0.15, -0.1) is 0 Å². The van der Waals surface area contributed by atoms with Gasteiger partial charge in [0.05, 0.1) is 16.7 Å². The molecule has 0 atom stereocenters. The first-order valence-electron chi connectivity index (χ1n) is 6.73. The zero-order chi connectivity index (χ0) is 14.5. The van der Waals surface area contributed by atoms with E-state index in [9.17, 15) is 5.11 Å². The number of hydrogen-bond acceptors (Lipinski definition) is 4. The van der Waals surface area contributed by atoms with Crippen LogP contribution in [0.25, 0.3) is 10.9 Å². The van der Waals surface area contributed by atoms with Crippen molar-refractivity contribution in [3.63, 3.8) is 0 Å². The summed E-state index contributed by atoms with van der Waals surface area (Å²) in [4.78, 5) is 4.23. The molecule has 0 unspecified atom stereocenters. The van der Waals surface area contributed by atoms with Crippen LogP contribution in [0, 0.1) is 0 Å². The summed E-state index contributed by atoms with van der Waals surface area (Å²) in [5.41, 5.74) is 0.900. The molecule has 0 aliphatic carbocycles. The van der Waals surface area contributed by atoms with E-state index in [2.05, 4.69) is 4.98 Å². The second-order valence-corrected chi connectivity index (χ2v) is 6.19. The van der Waals surface area contributed by atoms with Gasteiger partial charge >= 0.3 is 7.12 Å². The fourth-order valence-electron chi connectivity index (χ4n) is 2.28. The van der Waals surface area contributed by atoms with E-state index in [1.165, 1.54) is 0 Å². The summed E-state index contributed by atoms with van der Waals surface area (Å²) < 4.78 is 12.0. The number of rotatable bonds is 1. The number of fused-ring (bicyclic) bond motifs is 1. The zero-order valence-corrected chi connectivity index (χ0v) is 12.2.